The molecule has 8 heteroatoms. The molecule has 1 aliphatic rings. The maximum absolute atomic E-state index is 12.6. The molecule has 1 saturated heterocycles. The largest absolute Gasteiger partial charge is 0.465 e. The minimum atomic E-state index is -0.507. The number of furan rings is 1. The molecule has 0 bridgehead atoms. The highest BCUT2D eigenvalue weighted by Crippen LogP contribution is 2.29. The monoisotopic (exact) mass is 360 g/mol. The van der Waals surface area contributed by atoms with Crippen molar-refractivity contribution in [3.63, 3.8) is 0 Å². The van der Waals surface area contributed by atoms with E-state index in [0.717, 1.165) is 25.9 Å². The average molecular weight is 361 g/mol. The molecular formula is C16H25ClN2O5. The lowest BCUT2D eigenvalue weighted by molar-refractivity contribution is -0.136. The maximum atomic E-state index is 12.6. The molecule has 1 aromatic heterocycles. The maximum Gasteiger partial charge on any atom is 0.341 e. The van der Waals surface area contributed by atoms with E-state index in [-0.39, 0.29) is 24.9 Å². The smallest absolute Gasteiger partial charge is 0.341 e. The van der Waals surface area contributed by atoms with Crippen LogP contribution in [0.2, 0.25) is 0 Å². The van der Waals surface area contributed by atoms with Gasteiger partial charge in [0, 0.05) is 7.11 Å². The van der Waals surface area contributed by atoms with Crippen LogP contribution in [-0.2, 0) is 20.8 Å². The van der Waals surface area contributed by atoms with E-state index < -0.39 is 11.4 Å². The fourth-order valence-corrected chi connectivity index (χ4v) is 2.92. The highest BCUT2D eigenvalue weighted by Gasteiger charge is 2.39. The van der Waals surface area contributed by atoms with Gasteiger partial charge in [-0.25, -0.2) is 4.79 Å². The van der Waals surface area contributed by atoms with Crippen molar-refractivity contribution >= 4 is 24.3 Å². The number of carbonyl (C=O) groups is 2. The van der Waals surface area contributed by atoms with Gasteiger partial charge in [0.15, 0.2) is 0 Å². The summed E-state index contributed by atoms with van der Waals surface area (Å²) >= 11 is 0. The number of nitrogens with one attached hydrogen (secondary N) is 2. The zero-order valence-electron chi connectivity index (χ0n) is 14.3. The highest BCUT2D eigenvalue weighted by atomic mass is 35.5. The molecule has 0 aliphatic carbocycles. The Hall–Kier alpha value is -1.57. The van der Waals surface area contributed by atoms with Crippen LogP contribution in [0.25, 0.3) is 0 Å². The van der Waals surface area contributed by atoms with Crippen LogP contribution in [0, 0.1) is 12.3 Å². The molecule has 0 atom stereocenters. The Morgan fingerprint density at radius 2 is 2.00 bits per heavy atom. The highest BCUT2D eigenvalue weighted by molar-refractivity contribution is 5.90. The Bertz CT molecular complexity index is 561. The van der Waals surface area contributed by atoms with Crippen LogP contribution in [-0.4, -0.2) is 45.8 Å². The first-order valence-corrected chi connectivity index (χ1v) is 7.68. The first-order valence-electron chi connectivity index (χ1n) is 7.68. The third kappa shape index (κ3) is 4.49. The minimum absolute atomic E-state index is 0. The number of amides is 1. The lowest BCUT2D eigenvalue weighted by Crippen LogP contribution is -2.49. The first-order chi connectivity index (χ1) is 11.0. The van der Waals surface area contributed by atoms with Crippen LogP contribution in [0.4, 0.5) is 0 Å². The van der Waals surface area contributed by atoms with Gasteiger partial charge in [-0.2, -0.15) is 0 Å². The fourth-order valence-electron chi connectivity index (χ4n) is 2.92. The lowest BCUT2D eigenvalue weighted by Gasteiger charge is -2.35. The molecule has 1 aliphatic heterocycles. The zero-order valence-corrected chi connectivity index (χ0v) is 15.1. The second-order valence-corrected chi connectivity index (χ2v) is 5.82. The number of ether oxygens (including phenoxy) is 2. The topological polar surface area (TPSA) is 89.8 Å². The van der Waals surface area contributed by atoms with Gasteiger partial charge < -0.3 is 24.5 Å². The first kappa shape index (κ1) is 20.5. The van der Waals surface area contributed by atoms with Gasteiger partial charge in [0.25, 0.3) is 0 Å². The van der Waals surface area contributed by atoms with E-state index in [2.05, 4.69) is 15.4 Å². The van der Waals surface area contributed by atoms with Crippen molar-refractivity contribution in [2.75, 3.05) is 33.9 Å². The molecule has 0 aromatic carbocycles. The second kappa shape index (κ2) is 9.05. The van der Waals surface area contributed by atoms with E-state index in [1.165, 1.54) is 7.11 Å². The number of halogens is 1. The molecule has 0 radical (unpaired) electrons. The predicted octanol–water partition coefficient (Wildman–Crippen LogP) is 1.43. The van der Waals surface area contributed by atoms with E-state index in [9.17, 15) is 9.59 Å². The third-order valence-corrected chi connectivity index (χ3v) is 4.26. The normalized spacial score (nSPS) is 16.1. The van der Waals surface area contributed by atoms with Gasteiger partial charge in [0.05, 0.1) is 25.7 Å². The quantitative estimate of drug-likeness (QED) is 0.746. The third-order valence-electron chi connectivity index (χ3n) is 4.26. The summed E-state index contributed by atoms with van der Waals surface area (Å²) < 4.78 is 15.5. The van der Waals surface area contributed by atoms with Crippen molar-refractivity contribution in [1.29, 1.82) is 0 Å². The summed E-state index contributed by atoms with van der Waals surface area (Å²) in [5.41, 5.74) is -0.127. The van der Waals surface area contributed by atoms with Gasteiger partial charge in [-0.1, -0.05) is 0 Å². The van der Waals surface area contributed by atoms with Crippen molar-refractivity contribution in [2.45, 2.75) is 26.3 Å². The number of rotatable bonds is 6. The number of esters is 1. The molecule has 2 heterocycles. The summed E-state index contributed by atoms with van der Waals surface area (Å²) in [5.74, 6) is 0.514. The number of hydrogen-bond donors (Lipinski definition) is 2. The Morgan fingerprint density at radius 3 is 2.58 bits per heavy atom. The van der Waals surface area contributed by atoms with Crippen molar-refractivity contribution < 1.29 is 23.5 Å². The molecule has 0 saturated carbocycles. The molecule has 2 rings (SSSR count). The van der Waals surface area contributed by atoms with E-state index in [1.807, 2.05) is 0 Å². The molecule has 7 nitrogen and oxygen atoms in total. The standard InChI is InChI=1S/C16H24N2O5.ClH/c1-11-13(14(19)22-3)8-12(23-11)9-18-15(20)16(10-21-2)4-6-17-7-5-16;/h8,17H,4-7,9-10H2,1-3H3,(H,18,20);1H. The van der Waals surface area contributed by atoms with Crippen LogP contribution in [0.5, 0.6) is 0 Å². The van der Waals surface area contributed by atoms with Gasteiger partial charge >= 0.3 is 5.97 Å². The molecule has 1 aromatic rings. The van der Waals surface area contributed by atoms with Gasteiger partial charge in [-0.15, -0.1) is 12.4 Å². The van der Waals surface area contributed by atoms with Gasteiger partial charge in [0.2, 0.25) is 5.91 Å². The number of hydrogen-bond acceptors (Lipinski definition) is 6. The Morgan fingerprint density at radius 1 is 1.33 bits per heavy atom. The van der Waals surface area contributed by atoms with Gasteiger partial charge in [0.1, 0.15) is 17.1 Å². The molecule has 0 spiro atoms. The van der Waals surface area contributed by atoms with Crippen LogP contribution in [0.3, 0.4) is 0 Å². The van der Waals surface area contributed by atoms with Crippen LogP contribution in [0.1, 0.15) is 34.7 Å². The number of aryl methyl sites for hydroxylation is 1. The number of methoxy groups -OCH3 is 2. The Kier molecular flexibility index (Phi) is 7.72. The van der Waals surface area contributed by atoms with E-state index in [4.69, 9.17) is 9.15 Å². The lowest BCUT2D eigenvalue weighted by atomic mass is 9.78. The van der Waals surface area contributed by atoms with E-state index in [0.29, 0.717) is 23.7 Å². The van der Waals surface area contributed by atoms with Crippen LogP contribution >= 0.6 is 12.4 Å². The number of piperidine rings is 1. The molecule has 136 valence electrons. The summed E-state index contributed by atoms with van der Waals surface area (Å²) in [6.07, 6.45) is 1.47. The van der Waals surface area contributed by atoms with Crippen LogP contribution < -0.4 is 10.6 Å². The van der Waals surface area contributed by atoms with Crippen molar-refractivity contribution in [3.05, 3.63) is 23.2 Å². The Balaban J connectivity index is 0.00000288. The van der Waals surface area contributed by atoms with Gasteiger partial charge in [-0.05, 0) is 38.9 Å². The zero-order chi connectivity index (χ0) is 16.9. The molecule has 0 unspecified atom stereocenters. The van der Waals surface area contributed by atoms with Crippen LogP contribution in [0.15, 0.2) is 10.5 Å². The summed E-state index contributed by atoms with van der Waals surface area (Å²) in [4.78, 5) is 24.2. The minimum Gasteiger partial charge on any atom is -0.465 e. The Labute approximate surface area is 147 Å². The average Bonchev–Trinajstić information content (AvgIpc) is 2.94. The molecule has 1 fully saturated rings. The summed E-state index contributed by atoms with van der Waals surface area (Å²) in [6.45, 7) is 3.91. The van der Waals surface area contributed by atoms with E-state index >= 15 is 0 Å². The molecule has 24 heavy (non-hydrogen) atoms. The van der Waals surface area contributed by atoms with Gasteiger partial charge in [-0.3, -0.25) is 4.79 Å². The predicted molar refractivity (Wildman–Crippen MR) is 90.3 cm³/mol. The van der Waals surface area contributed by atoms with Crippen molar-refractivity contribution in [2.24, 2.45) is 5.41 Å². The second-order valence-electron chi connectivity index (χ2n) is 5.82. The van der Waals surface area contributed by atoms with E-state index in [1.54, 1.807) is 20.1 Å². The summed E-state index contributed by atoms with van der Waals surface area (Å²) in [5, 5.41) is 6.15. The number of carbonyl (C=O) groups excluding carboxylic acids is 2. The molecule has 2 N–H and O–H groups in total. The van der Waals surface area contributed by atoms with Crippen molar-refractivity contribution in [3.8, 4) is 0 Å². The van der Waals surface area contributed by atoms with Crippen molar-refractivity contribution in [1.82, 2.24) is 10.6 Å². The molecular weight excluding hydrogens is 336 g/mol. The fraction of sp³-hybridized carbons (Fsp3) is 0.625. The summed E-state index contributed by atoms with van der Waals surface area (Å²) in [7, 11) is 2.93. The molecule has 1 amide bonds. The summed E-state index contributed by atoms with van der Waals surface area (Å²) in [6, 6.07) is 1.60. The SMILES string of the molecule is COCC1(C(=O)NCc2cc(C(=O)OC)c(C)o2)CCNCC1.Cl.